The van der Waals surface area contributed by atoms with Gasteiger partial charge in [-0.25, -0.2) is 8.42 Å². The summed E-state index contributed by atoms with van der Waals surface area (Å²) in [6.07, 6.45) is 4.81. The normalized spacial score (nSPS) is 28.8. The molecule has 0 aliphatic heterocycles. The second-order valence-corrected chi connectivity index (χ2v) is 8.80. The minimum atomic E-state index is -3.04. The zero-order valence-electron chi connectivity index (χ0n) is 12.5. The van der Waals surface area contributed by atoms with E-state index in [-0.39, 0.29) is 11.0 Å². The van der Waals surface area contributed by atoms with Gasteiger partial charge in [0.15, 0.2) is 9.84 Å². The van der Waals surface area contributed by atoms with Crippen LogP contribution in [0.5, 0.6) is 0 Å². The van der Waals surface area contributed by atoms with Crippen molar-refractivity contribution in [2.24, 2.45) is 0 Å². The van der Waals surface area contributed by atoms with Crippen LogP contribution in [-0.4, -0.2) is 42.7 Å². The van der Waals surface area contributed by atoms with Crippen molar-refractivity contribution in [2.75, 3.05) is 12.3 Å². The van der Waals surface area contributed by atoms with Gasteiger partial charge < -0.3 is 10.4 Å². The van der Waals surface area contributed by atoms with E-state index in [0.29, 0.717) is 25.3 Å². The molecule has 19 heavy (non-hydrogen) atoms. The smallest absolute Gasteiger partial charge is 0.152 e. The Bertz CT molecular complexity index is 357. The summed E-state index contributed by atoms with van der Waals surface area (Å²) < 4.78 is 23.6. The minimum Gasteiger partial charge on any atom is -0.390 e. The van der Waals surface area contributed by atoms with Gasteiger partial charge in [0.2, 0.25) is 0 Å². The first kappa shape index (κ1) is 16.9. The summed E-state index contributed by atoms with van der Waals surface area (Å²) in [5, 5.41) is 13.6. The van der Waals surface area contributed by atoms with Crippen molar-refractivity contribution >= 4 is 9.84 Å². The fourth-order valence-electron chi connectivity index (χ4n) is 2.53. The number of rotatable bonds is 7. The van der Waals surface area contributed by atoms with E-state index in [1.54, 1.807) is 13.8 Å². The molecule has 2 N–H and O–H groups in total. The molecule has 0 unspecified atom stereocenters. The van der Waals surface area contributed by atoms with Crippen LogP contribution >= 0.6 is 0 Å². The molecule has 1 rings (SSSR count). The van der Waals surface area contributed by atoms with Crippen molar-refractivity contribution in [3.8, 4) is 0 Å². The second-order valence-electron chi connectivity index (χ2n) is 6.12. The average molecular weight is 291 g/mol. The van der Waals surface area contributed by atoms with Crippen LogP contribution in [0.3, 0.4) is 0 Å². The van der Waals surface area contributed by atoms with E-state index in [9.17, 15) is 13.5 Å². The molecule has 1 saturated carbocycles. The Kier molecular flexibility index (Phi) is 6.27. The molecule has 5 heteroatoms. The predicted molar refractivity (Wildman–Crippen MR) is 79.0 cm³/mol. The lowest BCUT2D eigenvalue weighted by molar-refractivity contribution is -0.00605. The van der Waals surface area contributed by atoms with Crippen molar-refractivity contribution in [1.29, 1.82) is 0 Å². The Morgan fingerprint density at radius 2 is 1.89 bits per heavy atom. The van der Waals surface area contributed by atoms with Gasteiger partial charge in [-0.3, -0.25) is 0 Å². The quantitative estimate of drug-likeness (QED) is 0.751. The topological polar surface area (TPSA) is 66.4 Å². The average Bonchev–Trinajstić information content (AvgIpc) is 2.36. The molecule has 4 nitrogen and oxygen atoms in total. The van der Waals surface area contributed by atoms with Gasteiger partial charge in [-0.1, -0.05) is 6.92 Å². The van der Waals surface area contributed by atoms with E-state index < -0.39 is 15.4 Å². The van der Waals surface area contributed by atoms with E-state index >= 15 is 0 Å². The van der Waals surface area contributed by atoms with Crippen molar-refractivity contribution in [1.82, 2.24) is 5.32 Å². The van der Waals surface area contributed by atoms with E-state index in [2.05, 4.69) is 12.2 Å². The zero-order valence-corrected chi connectivity index (χ0v) is 13.3. The summed E-state index contributed by atoms with van der Waals surface area (Å²) >= 11 is 0. The Balaban J connectivity index is 2.40. The van der Waals surface area contributed by atoms with Gasteiger partial charge in [0.05, 0.1) is 16.6 Å². The minimum absolute atomic E-state index is 0.105. The van der Waals surface area contributed by atoms with Crippen LogP contribution < -0.4 is 5.32 Å². The number of aliphatic hydroxyl groups is 1. The molecule has 114 valence electrons. The molecule has 0 atom stereocenters. The fourth-order valence-corrected chi connectivity index (χ4v) is 3.66. The highest BCUT2D eigenvalue weighted by Gasteiger charge is 2.34. The third kappa shape index (κ3) is 5.40. The van der Waals surface area contributed by atoms with Crippen molar-refractivity contribution in [2.45, 2.75) is 76.2 Å². The predicted octanol–water partition coefficient (Wildman–Crippen LogP) is 1.87. The molecule has 0 aromatic carbocycles. The highest BCUT2D eigenvalue weighted by atomic mass is 32.2. The van der Waals surface area contributed by atoms with E-state index in [1.807, 2.05) is 0 Å². The van der Waals surface area contributed by atoms with Crippen LogP contribution in [0.1, 0.15) is 59.3 Å². The van der Waals surface area contributed by atoms with Gasteiger partial charge in [0, 0.05) is 6.04 Å². The first-order valence-corrected chi connectivity index (χ1v) is 9.18. The van der Waals surface area contributed by atoms with E-state index in [0.717, 1.165) is 25.8 Å². The zero-order chi connectivity index (χ0) is 14.5. The molecular formula is C14H29NO3S. The molecule has 1 aliphatic rings. The van der Waals surface area contributed by atoms with Crippen LogP contribution in [0.25, 0.3) is 0 Å². The lowest BCUT2D eigenvalue weighted by Gasteiger charge is -2.36. The molecule has 0 aromatic rings. The van der Waals surface area contributed by atoms with Crippen LogP contribution in [0.2, 0.25) is 0 Å². The summed E-state index contributed by atoms with van der Waals surface area (Å²) in [7, 11) is -3.04. The Morgan fingerprint density at radius 1 is 1.32 bits per heavy atom. The molecule has 1 fully saturated rings. The number of hydrogen-bond donors (Lipinski definition) is 2. The number of hydrogen-bond acceptors (Lipinski definition) is 4. The number of sulfone groups is 1. The molecule has 0 saturated heterocycles. The summed E-state index contributed by atoms with van der Waals surface area (Å²) in [6.45, 7) is 6.56. The van der Waals surface area contributed by atoms with Crippen LogP contribution in [0, 0.1) is 0 Å². The van der Waals surface area contributed by atoms with E-state index in [1.165, 1.54) is 0 Å². The molecule has 1 aliphatic carbocycles. The molecule has 0 amide bonds. The van der Waals surface area contributed by atoms with Crippen molar-refractivity contribution < 1.29 is 13.5 Å². The summed E-state index contributed by atoms with van der Waals surface area (Å²) in [5.41, 5.74) is -0.771. The van der Waals surface area contributed by atoms with Gasteiger partial charge in [-0.15, -0.1) is 0 Å². The van der Waals surface area contributed by atoms with E-state index in [4.69, 9.17) is 0 Å². The van der Waals surface area contributed by atoms with Gasteiger partial charge >= 0.3 is 0 Å². The maximum atomic E-state index is 11.8. The number of nitrogens with one attached hydrogen (secondary N) is 1. The van der Waals surface area contributed by atoms with Crippen LogP contribution in [0.15, 0.2) is 0 Å². The molecule has 0 bridgehead atoms. The first-order valence-electron chi connectivity index (χ1n) is 7.46. The molecule has 0 heterocycles. The van der Waals surface area contributed by atoms with Gasteiger partial charge in [-0.2, -0.15) is 0 Å². The highest BCUT2D eigenvalue weighted by Crippen LogP contribution is 2.31. The van der Waals surface area contributed by atoms with Crippen molar-refractivity contribution in [3.05, 3.63) is 0 Å². The van der Waals surface area contributed by atoms with Gasteiger partial charge in [-0.05, 0) is 58.9 Å². The maximum absolute atomic E-state index is 11.8. The third-order valence-electron chi connectivity index (χ3n) is 4.17. The Labute approximate surface area is 117 Å². The summed E-state index contributed by atoms with van der Waals surface area (Å²) in [4.78, 5) is 0. The molecular weight excluding hydrogens is 262 g/mol. The molecule has 0 radical (unpaired) electrons. The highest BCUT2D eigenvalue weighted by molar-refractivity contribution is 7.91. The summed E-state index contributed by atoms with van der Waals surface area (Å²) in [5.74, 6) is 0.105. The third-order valence-corrected chi connectivity index (χ3v) is 6.38. The maximum Gasteiger partial charge on any atom is 0.152 e. The van der Waals surface area contributed by atoms with Crippen molar-refractivity contribution in [3.63, 3.8) is 0 Å². The lowest BCUT2D eigenvalue weighted by atomic mass is 9.80. The standard InChI is InChI=1S/C14H29NO3S/c1-4-10-15-13-5-7-14(16,8-6-13)9-11-19(17,18)12(2)3/h12-13,15-16H,4-11H2,1-3H3. The summed E-state index contributed by atoms with van der Waals surface area (Å²) in [6, 6.07) is 0.488. The van der Waals surface area contributed by atoms with Crippen LogP contribution in [0.4, 0.5) is 0 Å². The molecule has 0 spiro atoms. The SMILES string of the molecule is CCCNC1CCC(O)(CCS(=O)(=O)C(C)C)CC1. The Hall–Kier alpha value is -0.130. The van der Waals surface area contributed by atoms with Gasteiger partial charge in [0.1, 0.15) is 0 Å². The largest absolute Gasteiger partial charge is 0.390 e. The Morgan fingerprint density at radius 3 is 2.37 bits per heavy atom. The monoisotopic (exact) mass is 291 g/mol. The van der Waals surface area contributed by atoms with Crippen LogP contribution in [-0.2, 0) is 9.84 Å². The van der Waals surface area contributed by atoms with Gasteiger partial charge in [0.25, 0.3) is 0 Å². The first-order chi connectivity index (χ1) is 8.79. The lowest BCUT2D eigenvalue weighted by Crippen LogP contribution is -2.42. The second kappa shape index (κ2) is 7.04. The molecule has 0 aromatic heterocycles. The fraction of sp³-hybridized carbons (Fsp3) is 1.00.